The molecule has 7 nitrogen and oxygen atoms in total. The number of piperidine rings is 1. The Morgan fingerprint density at radius 3 is 2.55 bits per heavy atom. The Kier molecular flexibility index (Phi) is 11.1. The summed E-state index contributed by atoms with van der Waals surface area (Å²) in [4.78, 5) is 28.2. The fourth-order valence-electron chi connectivity index (χ4n) is 5.21. The molecule has 0 aromatic heterocycles. The summed E-state index contributed by atoms with van der Waals surface area (Å²) in [5.41, 5.74) is -0.628. The van der Waals surface area contributed by atoms with Gasteiger partial charge in [-0.15, -0.1) is 0 Å². The van der Waals surface area contributed by atoms with Crippen molar-refractivity contribution in [1.29, 1.82) is 0 Å². The first-order valence-corrected chi connectivity index (χ1v) is 12.5. The van der Waals surface area contributed by atoms with E-state index in [1.807, 2.05) is 11.9 Å². The highest BCUT2D eigenvalue weighted by Crippen LogP contribution is 2.32. The van der Waals surface area contributed by atoms with Gasteiger partial charge in [-0.25, -0.2) is 4.79 Å². The van der Waals surface area contributed by atoms with Crippen LogP contribution < -0.4 is 16.0 Å². The number of nitrogens with zero attached hydrogens (tertiary/aromatic N) is 1. The number of carbonyl (C=O) groups is 2. The lowest BCUT2D eigenvalue weighted by molar-refractivity contribution is -0.135. The van der Waals surface area contributed by atoms with E-state index >= 15 is 0 Å². The number of rotatable bonds is 11. The van der Waals surface area contributed by atoms with Crippen molar-refractivity contribution in [3.05, 3.63) is 0 Å². The minimum Gasteiger partial charge on any atom is -0.372 e. The van der Waals surface area contributed by atoms with Gasteiger partial charge < -0.3 is 25.6 Å². The molecule has 0 aromatic carbocycles. The molecule has 2 unspecified atom stereocenters. The first kappa shape index (κ1) is 25.9. The van der Waals surface area contributed by atoms with Gasteiger partial charge in [-0.1, -0.05) is 45.4 Å². The standard InChI is InChI=1S/C24H46N4O3/c1-5-6-14-24(27-22(29)19(2)31-4)15-10-11-16-28(24)23(30)26-21(18-25-3)17-20-12-8-7-9-13-20/h19-21,25H,5-18H2,1-4H3,(H,26,30)(H,27,29)/t19?,21-,24?/m0/s1. The van der Waals surface area contributed by atoms with Crippen LogP contribution in [0, 0.1) is 5.92 Å². The summed E-state index contributed by atoms with van der Waals surface area (Å²) in [7, 11) is 3.49. The number of nitrogens with one attached hydrogen (secondary N) is 3. The number of unbranched alkanes of at least 4 members (excludes halogenated alkanes) is 1. The number of hydrogen-bond donors (Lipinski definition) is 3. The number of likely N-dealkylation sites (tertiary alicyclic amines) is 1. The Morgan fingerprint density at radius 1 is 1.16 bits per heavy atom. The maximum atomic E-state index is 13.5. The van der Waals surface area contributed by atoms with Crippen molar-refractivity contribution >= 4 is 11.9 Å². The van der Waals surface area contributed by atoms with Crippen molar-refractivity contribution in [3.63, 3.8) is 0 Å². The average Bonchev–Trinajstić information content (AvgIpc) is 2.78. The average molecular weight is 439 g/mol. The minimum absolute atomic E-state index is 0.0442. The molecule has 1 heterocycles. The molecule has 1 saturated carbocycles. The first-order chi connectivity index (χ1) is 15.0. The van der Waals surface area contributed by atoms with Crippen LogP contribution in [0.3, 0.4) is 0 Å². The maximum absolute atomic E-state index is 13.5. The normalized spacial score (nSPS) is 24.5. The smallest absolute Gasteiger partial charge is 0.319 e. The largest absolute Gasteiger partial charge is 0.372 e. The van der Waals surface area contributed by atoms with Gasteiger partial charge in [0.25, 0.3) is 5.91 Å². The van der Waals surface area contributed by atoms with Crippen LogP contribution in [0.2, 0.25) is 0 Å². The molecule has 7 heteroatoms. The van der Waals surface area contributed by atoms with E-state index in [-0.39, 0.29) is 18.0 Å². The van der Waals surface area contributed by atoms with E-state index in [0.717, 1.165) is 51.5 Å². The van der Waals surface area contributed by atoms with Crippen LogP contribution >= 0.6 is 0 Å². The van der Waals surface area contributed by atoms with E-state index in [1.54, 1.807) is 14.0 Å². The lowest BCUT2D eigenvalue weighted by Crippen LogP contribution is -2.67. The molecule has 3 amide bonds. The van der Waals surface area contributed by atoms with Gasteiger partial charge in [0.1, 0.15) is 11.8 Å². The molecule has 31 heavy (non-hydrogen) atoms. The summed E-state index contributed by atoms with van der Waals surface area (Å²) >= 11 is 0. The van der Waals surface area contributed by atoms with Crippen LogP contribution in [0.1, 0.15) is 90.9 Å². The Morgan fingerprint density at radius 2 is 1.90 bits per heavy atom. The molecular formula is C24H46N4O3. The highest BCUT2D eigenvalue weighted by atomic mass is 16.5. The fourth-order valence-corrected chi connectivity index (χ4v) is 5.21. The predicted octanol–water partition coefficient (Wildman–Crippen LogP) is 3.78. The molecule has 0 bridgehead atoms. The third-order valence-corrected chi connectivity index (χ3v) is 7.13. The molecule has 180 valence electrons. The van der Waals surface area contributed by atoms with Gasteiger partial charge in [0.15, 0.2) is 0 Å². The van der Waals surface area contributed by atoms with Gasteiger partial charge in [-0.3, -0.25) is 4.79 Å². The van der Waals surface area contributed by atoms with E-state index in [4.69, 9.17) is 4.74 Å². The molecule has 0 radical (unpaired) electrons. The van der Waals surface area contributed by atoms with Crippen LogP contribution in [0.5, 0.6) is 0 Å². The second-order valence-corrected chi connectivity index (χ2v) is 9.55. The fraction of sp³-hybridized carbons (Fsp3) is 0.917. The molecule has 1 aliphatic heterocycles. The first-order valence-electron chi connectivity index (χ1n) is 12.5. The number of amides is 3. The van der Waals surface area contributed by atoms with E-state index in [0.29, 0.717) is 12.5 Å². The predicted molar refractivity (Wildman–Crippen MR) is 125 cm³/mol. The molecule has 2 rings (SSSR count). The molecule has 1 aliphatic carbocycles. The van der Waals surface area contributed by atoms with Crippen molar-refractivity contribution in [2.45, 2.75) is 109 Å². The number of likely N-dealkylation sites (N-methyl/N-ethyl adjacent to an activating group) is 1. The van der Waals surface area contributed by atoms with Crippen LogP contribution in [0.4, 0.5) is 4.79 Å². The van der Waals surface area contributed by atoms with Gasteiger partial charge in [-0.2, -0.15) is 0 Å². The number of hydrogen-bond acceptors (Lipinski definition) is 4. The van der Waals surface area contributed by atoms with Crippen molar-refractivity contribution in [2.24, 2.45) is 5.92 Å². The maximum Gasteiger partial charge on any atom is 0.319 e. The van der Waals surface area contributed by atoms with Crippen LogP contribution in [-0.2, 0) is 9.53 Å². The van der Waals surface area contributed by atoms with Crippen molar-refractivity contribution in [3.8, 4) is 0 Å². The van der Waals surface area contributed by atoms with Crippen molar-refractivity contribution in [1.82, 2.24) is 20.9 Å². The van der Waals surface area contributed by atoms with E-state index < -0.39 is 11.8 Å². The zero-order valence-electron chi connectivity index (χ0n) is 20.3. The molecule has 2 aliphatic rings. The van der Waals surface area contributed by atoms with E-state index in [9.17, 15) is 9.59 Å². The topological polar surface area (TPSA) is 82.7 Å². The van der Waals surface area contributed by atoms with Crippen LogP contribution in [0.15, 0.2) is 0 Å². The quantitative estimate of drug-likeness (QED) is 0.458. The zero-order chi connectivity index (χ0) is 22.7. The van der Waals surface area contributed by atoms with Gasteiger partial charge in [0, 0.05) is 26.2 Å². The summed E-state index contributed by atoms with van der Waals surface area (Å²) in [6.07, 6.45) is 12.5. The lowest BCUT2D eigenvalue weighted by atomic mass is 9.84. The van der Waals surface area contributed by atoms with Gasteiger partial charge >= 0.3 is 6.03 Å². The molecule has 2 fully saturated rings. The molecule has 0 aromatic rings. The van der Waals surface area contributed by atoms with Crippen LogP contribution in [0.25, 0.3) is 0 Å². The second-order valence-electron chi connectivity index (χ2n) is 9.55. The highest BCUT2D eigenvalue weighted by Gasteiger charge is 2.43. The number of urea groups is 1. The summed E-state index contributed by atoms with van der Waals surface area (Å²) in [5, 5.41) is 9.80. The Labute approximate surface area is 189 Å². The summed E-state index contributed by atoms with van der Waals surface area (Å²) in [5.74, 6) is 0.549. The number of carbonyl (C=O) groups excluding carboxylic acids is 2. The molecule has 3 N–H and O–H groups in total. The summed E-state index contributed by atoms with van der Waals surface area (Å²) in [6.45, 7) is 5.34. The zero-order valence-corrected chi connectivity index (χ0v) is 20.3. The van der Waals surface area contributed by atoms with Gasteiger partial charge in [0.05, 0.1) is 0 Å². The third-order valence-electron chi connectivity index (χ3n) is 7.13. The lowest BCUT2D eigenvalue weighted by Gasteiger charge is -2.48. The number of methoxy groups -OCH3 is 1. The van der Waals surface area contributed by atoms with E-state index in [2.05, 4.69) is 22.9 Å². The van der Waals surface area contributed by atoms with Gasteiger partial charge in [-0.05, 0) is 58.4 Å². The minimum atomic E-state index is -0.628. The Balaban J connectivity index is 2.14. The second kappa shape index (κ2) is 13.3. The monoisotopic (exact) mass is 438 g/mol. The Hall–Kier alpha value is -1.34. The SMILES string of the molecule is CCCCC1(NC(=O)C(C)OC)CCCCN1C(=O)N[C@H](CNC)CC1CCCCC1. The van der Waals surface area contributed by atoms with Crippen molar-refractivity contribution in [2.75, 3.05) is 27.2 Å². The van der Waals surface area contributed by atoms with Crippen LogP contribution in [-0.4, -0.2) is 61.9 Å². The molecule has 3 atom stereocenters. The molecule has 1 saturated heterocycles. The number of ether oxygens (including phenoxy) is 1. The third kappa shape index (κ3) is 7.63. The van der Waals surface area contributed by atoms with Crippen molar-refractivity contribution < 1.29 is 14.3 Å². The van der Waals surface area contributed by atoms with Gasteiger partial charge in [0.2, 0.25) is 0 Å². The highest BCUT2D eigenvalue weighted by molar-refractivity contribution is 5.82. The summed E-state index contributed by atoms with van der Waals surface area (Å²) < 4.78 is 5.24. The molecule has 0 spiro atoms. The van der Waals surface area contributed by atoms with E-state index in [1.165, 1.54) is 32.1 Å². The Bertz CT molecular complexity index is 553. The summed E-state index contributed by atoms with van der Waals surface area (Å²) in [6, 6.07) is 0.0669. The molecular weight excluding hydrogens is 392 g/mol.